The largest absolute Gasteiger partial charge is 0.383 e. The average molecular weight is 439 g/mol. The Labute approximate surface area is 188 Å². The minimum atomic E-state index is 0.390. The number of rotatable bonds is 9. The normalized spacial score (nSPS) is 14.8. The highest BCUT2D eigenvalue weighted by Gasteiger charge is 2.19. The van der Waals surface area contributed by atoms with Crippen LogP contribution in [0.2, 0.25) is 0 Å². The van der Waals surface area contributed by atoms with Gasteiger partial charge < -0.3 is 23.7 Å². The fraction of sp³-hybridized carbons (Fsp3) is 0.435. The van der Waals surface area contributed by atoms with Crippen molar-refractivity contribution in [2.24, 2.45) is 5.10 Å². The maximum absolute atomic E-state index is 5.54. The Balaban J connectivity index is 1.70. The second-order valence-corrected chi connectivity index (χ2v) is 7.70. The van der Waals surface area contributed by atoms with Crippen LogP contribution in [-0.4, -0.2) is 74.0 Å². The number of aromatic nitrogens is 3. The maximum Gasteiger partial charge on any atom is 0.164 e. The molecule has 1 fully saturated rings. The topological polar surface area (TPSA) is 86.0 Å². The van der Waals surface area contributed by atoms with Gasteiger partial charge in [0.1, 0.15) is 5.52 Å². The number of morpholine rings is 1. The summed E-state index contributed by atoms with van der Waals surface area (Å²) >= 11 is 0. The highest BCUT2D eigenvalue weighted by molar-refractivity contribution is 6.02. The molecule has 9 heteroatoms. The Morgan fingerprint density at radius 1 is 1.19 bits per heavy atom. The fourth-order valence-corrected chi connectivity index (χ4v) is 3.74. The van der Waals surface area contributed by atoms with Crippen molar-refractivity contribution < 1.29 is 14.2 Å². The highest BCUT2D eigenvalue weighted by Crippen LogP contribution is 2.28. The lowest BCUT2D eigenvalue weighted by molar-refractivity contribution is 0.123. The van der Waals surface area contributed by atoms with Crippen molar-refractivity contribution in [3.05, 3.63) is 47.8 Å². The fourth-order valence-electron chi connectivity index (χ4n) is 3.74. The SMILES string of the molecule is COCCn1cnc2c(N3CCOCC3)cc(N/N=C(\COC)c3cccc(C)c3)nc21. The number of hydrazone groups is 1. The number of ether oxygens (including phenoxy) is 3. The number of nitrogens with one attached hydrogen (secondary N) is 1. The van der Waals surface area contributed by atoms with Gasteiger partial charge in [-0.3, -0.25) is 5.43 Å². The van der Waals surface area contributed by atoms with E-state index in [0.29, 0.717) is 38.8 Å². The number of aryl methyl sites for hydroxylation is 1. The maximum atomic E-state index is 5.54. The van der Waals surface area contributed by atoms with Crippen LogP contribution in [0.5, 0.6) is 0 Å². The van der Waals surface area contributed by atoms with Gasteiger partial charge in [-0.2, -0.15) is 5.10 Å². The van der Waals surface area contributed by atoms with Gasteiger partial charge >= 0.3 is 0 Å². The molecule has 0 amide bonds. The molecule has 0 spiro atoms. The van der Waals surface area contributed by atoms with Crippen molar-refractivity contribution >= 4 is 28.4 Å². The molecular weight excluding hydrogens is 408 g/mol. The lowest BCUT2D eigenvalue weighted by atomic mass is 10.1. The molecule has 0 bridgehead atoms. The lowest BCUT2D eigenvalue weighted by Gasteiger charge is -2.29. The number of hydrogen-bond donors (Lipinski definition) is 1. The minimum Gasteiger partial charge on any atom is -0.383 e. The number of anilines is 2. The van der Waals surface area contributed by atoms with Crippen LogP contribution in [0, 0.1) is 6.92 Å². The molecule has 1 aliphatic heterocycles. The zero-order valence-electron chi connectivity index (χ0n) is 18.9. The number of fused-ring (bicyclic) bond motifs is 1. The Bertz CT molecular complexity index is 1070. The molecular formula is C23H30N6O3. The molecule has 32 heavy (non-hydrogen) atoms. The first kappa shape index (κ1) is 22.2. The van der Waals surface area contributed by atoms with Gasteiger partial charge in [0.2, 0.25) is 0 Å². The summed E-state index contributed by atoms with van der Waals surface area (Å²) in [6.45, 7) is 6.72. The van der Waals surface area contributed by atoms with Crippen LogP contribution >= 0.6 is 0 Å². The van der Waals surface area contributed by atoms with Crippen molar-refractivity contribution in [3.63, 3.8) is 0 Å². The van der Waals surface area contributed by atoms with E-state index in [1.165, 1.54) is 5.56 Å². The third kappa shape index (κ3) is 5.07. The van der Waals surface area contributed by atoms with Crippen LogP contribution in [0.25, 0.3) is 11.2 Å². The monoisotopic (exact) mass is 438 g/mol. The molecule has 2 aromatic heterocycles. The summed E-state index contributed by atoms with van der Waals surface area (Å²) < 4.78 is 18.2. The third-order valence-electron chi connectivity index (χ3n) is 5.38. The molecule has 1 N–H and O–H groups in total. The van der Waals surface area contributed by atoms with Crippen molar-refractivity contribution in [1.82, 2.24) is 14.5 Å². The Morgan fingerprint density at radius 3 is 2.78 bits per heavy atom. The average Bonchev–Trinajstić information content (AvgIpc) is 3.23. The summed E-state index contributed by atoms with van der Waals surface area (Å²) in [4.78, 5) is 11.7. The van der Waals surface area contributed by atoms with Crippen LogP contribution < -0.4 is 10.3 Å². The molecule has 0 atom stereocenters. The Kier molecular flexibility index (Phi) is 7.31. The van der Waals surface area contributed by atoms with E-state index in [0.717, 1.165) is 41.2 Å². The molecule has 3 heterocycles. The summed E-state index contributed by atoms with van der Waals surface area (Å²) in [7, 11) is 3.36. The van der Waals surface area contributed by atoms with Crippen molar-refractivity contribution in [2.45, 2.75) is 13.5 Å². The standard InChI is InChI=1S/C23H30N6O3/c1-17-5-4-6-18(13-17)19(15-31-3)26-27-21-14-20(28-8-11-32-12-9-28)22-23(25-21)29(16-24-22)7-10-30-2/h4-6,13-14,16H,7-12,15H2,1-3H3,(H,25,27)/b26-19+. The first-order valence-electron chi connectivity index (χ1n) is 10.8. The highest BCUT2D eigenvalue weighted by atomic mass is 16.5. The summed E-state index contributed by atoms with van der Waals surface area (Å²) in [5, 5.41) is 4.65. The van der Waals surface area contributed by atoms with E-state index in [2.05, 4.69) is 39.5 Å². The van der Waals surface area contributed by atoms with E-state index < -0.39 is 0 Å². The van der Waals surface area contributed by atoms with Gasteiger partial charge in [0.05, 0.1) is 44.2 Å². The zero-order chi connectivity index (χ0) is 22.3. The molecule has 0 unspecified atom stereocenters. The number of benzene rings is 1. The number of hydrogen-bond acceptors (Lipinski definition) is 8. The van der Waals surface area contributed by atoms with Gasteiger partial charge in [-0.25, -0.2) is 9.97 Å². The van der Waals surface area contributed by atoms with Crippen LogP contribution in [0.1, 0.15) is 11.1 Å². The van der Waals surface area contributed by atoms with E-state index in [4.69, 9.17) is 19.2 Å². The molecule has 1 aliphatic rings. The minimum absolute atomic E-state index is 0.390. The van der Waals surface area contributed by atoms with Crippen LogP contribution in [-0.2, 0) is 20.8 Å². The zero-order valence-corrected chi connectivity index (χ0v) is 18.9. The van der Waals surface area contributed by atoms with Gasteiger partial charge in [-0.1, -0.05) is 29.8 Å². The number of methoxy groups -OCH3 is 2. The van der Waals surface area contributed by atoms with E-state index in [-0.39, 0.29) is 0 Å². The molecule has 3 aromatic rings. The van der Waals surface area contributed by atoms with Crippen molar-refractivity contribution in [1.29, 1.82) is 0 Å². The summed E-state index contributed by atoms with van der Waals surface area (Å²) in [5.41, 5.74) is 8.84. The summed E-state index contributed by atoms with van der Waals surface area (Å²) in [5.74, 6) is 0.652. The predicted octanol–water partition coefficient (Wildman–Crippen LogP) is 2.69. The molecule has 9 nitrogen and oxygen atoms in total. The van der Waals surface area contributed by atoms with Crippen LogP contribution in [0.15, 0.2) is 41.8 Å². The smallest absolute Gasteiger partial charge is 0.164 e. The van der Waals surface area contributed by atoms with Gasteiger partial charge in [0.25, 0.3) is 0 Å². The third-order valence-corrected chi connectivity index (χ3v) is 5.38. The second kappa shape index (κ2) is 10.5. The molecule has 1 aromatic carbocycles. The molecule has 170 valence electrons. The van der Waals surface area contributed by atoms with Crippen LogP contribution in [0.4, 0.5) is 11.5 Å². The lowest BCUT2D eigenvalue weighted by Crippen LogP contribution is -2.36. The summed E-state index contributed by atoms with van der Waals surface area (Å²) in [6, 6.07) is 10.2. The van der Waals surface area contributed by atoms with Gasteiger partial charge in [0.15, 0.2) is 11.5 Å². The Hall–Kier alpha value is -3.01. The van der Waals surface area contributed by atoms with Crippen molar-refractivity contribution in [3.8, 4) is 0 Å². The molecule has 4 rings (SSSR count). The first-order valence-corrected chi connectivity index (χ1v) is 10.8. The van der Waals surface area contributed by atoms with Crippen LogP contribution in [0.3, 0.4) is 0 Å². The molecule has 0 saturated carbocycles. The number of nitrogens with zero attached hydrogens (tertiary/aromatic N) is 5. The van der Waals surface area contributed by atoms with Crippen molar-refractivity contribution in [2.75, 3.05) is 64.1 Å². The quantitative estimate of drug-likeness (QED) is 0.406. The van der Waals surface area contributed by atoms with Gasteiger partial charge in [-0.15, -0.1) is 0 Å². The van der Waals surface area contributed by atoms with Gasteiger partial charge in [0, 0.05) is 45.5 Å². The second-order valence-electron chi connectivity index (χ2n) is 7.70. The number of imidazole rings is 1. The van der Waals surface area contributed by atoms with Gasteiger partial charge in [-0.05, 0) is 6.92 Å². The Morgan fingerprint density at radius 2 is 2.03 bits per heavy atom. The predicted molar refractivity (Wildman–Crippen MR) is 126 cm³/mol. The molecule has 1 saturated heterocycles. The van der Waals surface area contributed by atoms with E-state index in [1.807, 2.05) is 29.1 Å². The van der Waals surface area contributed by atoms with E-state index in [1.54, 1.807) is 14.2 Å². The number of pyridine rings is 1. The first-order chi connectivity index (χ1) is 15.7. The molecule has 0 aliphatic carbocycles. The molecule has 0 radical (unpaired) electrons. The summed E-state index contributed by atoms with van der Waals surface area (Å²) in [6.07, 6.45) is 1.82. The van der Waals surface area contributed by atoms with E-state index >= 15 is 0 Å². The van der Waals surface area contributed by atoms with E-state index in [9.17, 15) is 0 Å².